The third kappa shape index (κ3) is 8.11. The summed E-state index contributed by atoms with van der Waals surface area (Å²) < 4.78 is 0. The van der Waals surface area contributed by atoms with Gasteiger partial charge in [0.15, 0.2) is 5.11 Å². The van der Waals surface area contributed by atoms with Crippen molar-refractivity contribution in [3.8, 4) is 0 Å². The van der Waals surface area contributed by atoms with E-state index < -0.39 is 4.92 Å². The van der Waals surface area contributed by atoms with Crippen molar-refractivity contribution < 1.29 is 4.92 Å². The summed E-state index contributed by atoms with van der Waals surface area (Å²) in [6.07, 6.45) is 6.43. The van der Waals surface area contributed by atoms with Crippen molar-refractivity contribution in [3.63, 3.8) is 0 Å². The van der Waals surface area contributed by atoms with Crippen molar-refractivity contribution in [3.05, 3.63) is 57.7 Å². The Kier molecular flexibility index (Phi) is 7.97. The predicted octanol–water partition coefficient (Wildman–Crippen LogP) is 4.57. The highest BCUT2D eigenvalue weighted by atomic mass is 32.1. The number of non-ortho nitro benzene ring substituents is 1. The molecule has 6 heteroatoms. The van der Waals surface area contributed by atoms with Gasteiger partial charge in [0.25, 0.3) is 5.69 Å². The Hall–Kier alpha value is -2.21. The summed E-state index contributed by atoms with van der Waals surface area (Å²) in [5.41, 5.74) is 3.43. The normalized spacial score (nSPS) is 10.8. The molecule has 0 aliphatic rings. The quantitative estimate of drug-likeness (QED) is 0.331. The van der Waals surface area contributed by atoms with E-state index in [2.05, 4.69) is 43.6 Å². The highest BCUT2D eigenvalue weighted by Crippen LogP contribution is 2.15. The van der Waals surface area contributed by atoms with E-state index >= 15 is 0 Å². The lowest BCUT2D eigenvalue weighted by Gasteiger charge is -2.09. The van der Waals surface area contributed by atoms with Gasteiger partial charge in [-0.15, -0.1) is 0 Å². The smallest absolute Gasteiger partial charge is 0.269 e. The fraction of sp³-hybridized carbons (Fsp3) is 0.353. The molecule has 5 nitrogen and oxygen atoms in total. The Morgan fingerprint density at radius 3 is 2.43 bits per heavy atom. The van der Waals surface area contributed by atoms with Gasteiger partial charge in [0.1, 0.15) is 0 Å². The van der Waals surface area contributed by atoms with Crippen molar-refractivity contribution in [1.29, 1.82) is 0 Å². The third-order valence-corrected chi connectivity index (χ3v) is 3.39. The molecule has 0 aliphatic carbocycles. The van der Waals surface area contributed by atoms with Gasteiger partial charge in [0.05, 0.1) is 4.92 Å². The number of anilines is 1. The number of nitrogens with one attached hydrogen (secondary N) is 2. The minimum absolute atomic E-state index is 0.0596. The second-order valence-electron chi connectivity index (χ2n) is 5.51. The monoisotopic (exact) mass is 333 g/mol. The molecular weight excluding hydrogens is 310 g/mol. The fourth-order valence-corrected chi connectivity index (χ4v) is 2.05. The summed E-state index contributed by atoms with van der Waals surface area (Å²) in [4.78, 5) is 10.2. The number of hydrogen-bond donors (Lipinski definition) is 2. The Bertz CT molecular complexity index is 603. The summed E-state index contributed by atoms with van der Waals surface area (Å²) in [6, 6.07) is 6.15. The maximum atomic E-state index is 10.6. The van der Waals surface area contributed by atoms with Gasteiger partial charge >= 0.3 is 0 Å². The number of benzene rings is 1. The van der Waals surface area contributed by atoms with E-state index in [9.17, 15) is 10.1 Å². The topological polar surface area (TPSA) is 67.2 Å². The first-order valence-electron chi connectivity index (χ1n) is 7.47. The maximum absolute atomic E-state index is 10.6. The average Bonchev–Trinajstić information content (AvgIpc) is 2.47. The lowest BCUT2D eigenvalue weighted by molar-refractivity contribution is -0.384. The molecule has 2 N–H and O–H groups in total. The van der Waals surface area contributed by atoms with Crippen LogP contribution in [0.15, 0.2) is 47.6 Å². The molecule has 0 unspecified atom stereocenters. The van der Waals surface area contributed by atoms with Crippen molar-refractivity contribution in [2.45, 2.75) is 33.6 Å². The first-order valence-corrected chi connectivity index (χ1v) is 7.87. The van der Waals surface area contributed by atoms with Crippen LogP contribution >= 0.6 is 12.2 Å². The average molecular weight is 333 g/mol. The van der Waals surface area contributed by atoms with Crippen molar-refractivity contribution >= 4 is 28.7 Å². The highest BCUT2D eigenvalue weighted by Gasteiger charge is 2.04. The number of rotatable bonds is 7. The molecule has 23 heavy (non-hydrogen) atoms. The van der Waals surface area contributed by atoms with E-state index in [4.69, 9.17) is 12.2 Å². The SMILES string of the molecule is CC(C)=CCC/C(C)=C/CNC(=S)Nc1ccc([N+](=O)[O-])cc1. The van der Waals surface area contributed by atoms with Crippen LogP contribution in [-0.4, -0.2) is 16.6 Å². The Morgan fingerprint density at radius 2 is 1.87 bits per heavy atom. The molecule has 0 aliphatic heterocycles. The minimum Gasteiger partial charge on any atom is -0.359 e. The Labute approximate surface area is 142 Å². The predicted molar refractivity (Wildman–Crippen MR) is 99.7 cm³/mol. The molecule has 1 aromatic carbocycles. The Morgan fingerprint density at radius 1 is 1.22 bits per heavy atom. The summed E-state index contributed by atoms with van der Waals surface area (Å²) in [5.74, 6) is 0. The molecule has 0 aromatic heterocycles. The second-order valence-corrected chi connectivity index (χ2v) is 5.92. The molecule has 124 valence electrons. The lowest BCUT2D eigenvalue weighted by atomic mass is 10.1. The van der Waals surface area contributed by atoms with Crippen molar-refractivity contribution in [2.24, 2.45) is 0 Å². The van der Waals surface area contributed by atoms with Crippen LogP contribution in [0, 0.1) is 10.1 Å². The molecule has 0 atom stereocenters. The maximum Gasteiger partial charge on any atom is 0.269 e. The van der Waals surface area contributed by atoms with Gasteiger partial charge in [0.2, 0.25) is 0 Å². The van der Waals surface area contributed by atoms with Gasteiger partial charge in [0, 0.05) is 24.4 Å². The van der Waals surface area contributed by atoms with Crippen LogP contribution in [0.2, 0.25) is 0 Å². The fourth-order valence-electron chi connectivity index (χ4n) is 1.85. The zero-order chi connectivity index (χ0) is 17.2. The van der Waals surface area contributed by atoms with Crippen LogP contribution in [0.5, 0.6) is 0 Å². The number of nitro benzene ring substituents is 1. The molecule has 1 aromatic rings. The zero-order valence-corrected chi connectivity index (χ0v) is 14.6. The number of thiocarbonyl (C=S) groups is 1. The van der Waals surface area contributed by atoms with Gasteiger partial charge in [-0.3, -0.25) is 10.1 Å². The van der Waals surface area contributed by atoms with E-state index in [0.29, 0.717) is 11.7 Å². The molecule has 0 heterocycles. The van der Waals surface area contributed by atoms with Crippen LogP contribution < -0.4 is 10.6 Å². The van der Waals surface area contributed by atoms with Gasteiger partial charge in [-0.2, -0.15) is 0 Å². The molecular formula is C17H23N3O2S. The minimum atomic E-state index is -0.427. The van der Waals surface area contributed by atoms with Gasteiger partial charge in [-0.05, 0) is 58.0 Å². The molecule has 0 bridgehead atoms. The number of hydrogen-bond acceptors (Lipinski definition) is 3. The standard InChI is InChI=1S/C17H23N3O2S/c1-13(2)5-4-6-14(3)11-12-18-17(23)19-15-7-9-16(10-8-15)20(21)22/h5,7-11H,4,6,12H2,1-3H3,(H2,18,19,23)/b14-11+. The van der Waals surface area contributed by atoms with E-state index in [0.717, 1.165) is 18.5 Å². The van der Waals surface area contributed by atoms with Crippen molar-refractivity contribution in [2.75, 3.05) is 11.9 Å². The lowest BCUT2D eigenvalue weighted by Crippen LogP contribution is -2.28. The summed E-state index contributed by atoms with van der Waals surface area (Å²) in [5, 5.41) is 17.2. The van der Waals surface area contributed by atoms with Crippen LogP contribution in [0.1, 0.15) is 33.6 Å². The van der Waals surface area contributed by atoms with Crippen LogP contribution in [0.4, 0.5) is 11.4 Å². The van der Waals surface area contributed by atoms with E-state index in [1.165, 1.54) is 23.3 Å². The summed E-state index contributed by atoms with van der Waals surface area (Å²) >= 11 is 5.20. The van der Waals surface area contributed by atoms with Gasteiger partial charge in [-0.25, -0.2) is 0 Å². The molecule has 0 spiro atoms. The number of nitrogens with zero attached hydrogens (tertiary/aromatic N) is 1. The Balaban J connectivity index is 2.36. The largest absolute Gasteiger partial charge is 0.359 e. The zero-order valence-electron chi connectivity index (χ0n) is 13.8. The van der Waals surface area contributed by atoms with Crippen LogP contribution in [0.3, 0.4) is 0 Å². The summed E-state index contributed by atoms with van der Waals surface area (Å²) in [6.45, 7) is 6.96. The second kappa shape index (κ2) is 9.74. The van der Waals surface area contributed by atoms with E-state index in [1.807, 2.05) is 0 Å². The van der Waals surface area contributed by atoms with Crippen LogP contribution in [0.25, 0.3) is 0 Å². The molecule has 1 rings (SSSR count). The number of allylic oxidation sites excluding steroid dienone is 3. The molecule has 0 fully saturated rings. The van der Waals surface area contributed by atoms with Crippen LogP contribution in [-0.2, 0) is 0 Å². The number of nitro groups is 1. The summed E-state index contributed by atoms with van der Waals surface area (Å²) in [7, 11) is 0. The highest BCUT2D eigenvalue weighted by molar-refractivity contribution is 7.80. The van der Waals surface area contributed by atoms with E-state index in [1.54, 1.807) is 12.1 Å². The van der Waals surface area contributed by atoms with Crippen molar-refractivity contribution in [1.82, 2.24) is 5.32 Å². The molecule has 0 saturated heterocycles. The molecule has 0 radical (unpaired) electrons. The van der Waals surface area contributed by atoms with Gasteiger partial charge < -0.3 is 10.6 Å². The first kappa shape index (κ1) is 18.8. The van der Waals surface area contributed by atoms with E-state index in [-0.39, 0.29) is 5.69 Å². The molecule has 0 saturated carbocycles. The first-order chi connectivity index (χ1) is 10.9. The third-order valence-electron chi connectivity index (χ3n) is 3.14. The van der Waals surface area contributed by atoms with Gasteiger partial charge in [-0.1, -0.05) is 23.3 Å². The molecule has 0 amide bonds.